The van der Waals surface area contributed by atoms with Gasteiger partial charge in [0.2, 0.25) is 0 Å². The number of benzene rings is 1. The molecule has 0 spiro atoms. The lowest BCUT2D eigenvalue weighted by Gasteiger charge is -2.06. The Morgan fingerprint density at radius 2 is 2.03 bits per heavy atom. The number of carbonyl (C=O) groups excluding carboxylic acids is 1. The third-order valence-electron chi connectivity index (χ3n) is 4.21. The summed E-state index contributed by atoms with van der Waals surface area (Å²) in [6, 6.07) is 11.1. The molecule has 0 radical (unpaired) electrons. The number of halogens is 1. The molecule has 3 aromatic heterocycles. The van der Waals surface area contributed by atoms with Gasteiger partial charge in [-0.3, -0.25) is 14.0 Å². The van der Waals surface area contributed by atoms with Gasteiger partial charge in [0.25, 0.3) is 5.56 Å². The minimum absolute atomic E-state index is 0.0164. The van der Waals surface area contributed by atoms with Crippen molar-refractivity contribution in [2.45, 2.75) is 20.0 Å². The molecule has 4 rings (SSSR count). The standard InChI is InChI=1S/C21H16FN3O3S/c1-13-5-6-25-18(7-13)23-16(9-19(25)26)11-28-20(27)10-17-12-29-21(24-17)14-3-2-4-15(22)8-14/h2-9,12H,10-11H2,1H3. The molecule has 0 N–H and O–H groups in total. The van der Waals surface area contributed by atoms with Gasteiger partial charge in [0.05, 0.1) is 17.8 Å². The highest BCUT2D eigenvalue weighted by Gasteiger charge is 2.12. The van der Waals surface area contributed by atoms with E-state index in [2.05, 4.69) is 9.97 Å². The highest BCUT2D eigenvalue weighted by Crippen LogP contribution is 2.24. The lowest BCUT2D eigenvalue weighted by Crippen LogP contribution is -2.17. The van der Waals surface area contributed by atoms with Gasteiger partial charge in [-0.2, -0.15) is 0 Å². The van der Waals surface area contributed by atoms with E-state index < -0.39 is 5.97 Å². The summed E-state index contributed by atoms with van der Waals surface area (Å²) in [4.78, 5) is 33.0. The van der Waals surface area contributed by atoms with Crippen molar-refractivity contribution in [2.75, 3.05) is 0 Å². The van der Waals surface area contributed by atoms with Gasteiger partial charge < -0.3 is 4.74 Å². The Morgan fingerprint density at radius 1 is 1.17 bits per heavy atom. The van der Waals surface area contributed by atoms with E-state index >= 15 is 0 Å². The first-order valence-corrected chi connectivity index (χ1v) is 9.71. The molecule has 0 saturated carbocycles. The summed E-state index contributed by atoms with van der Waals surface area (Å²) in [6.45, 7) is 1.81. The number of pyridine rings is 1. The fourth-order valence-corrected chi connectivity index (χ4v) is 3.64. The van der Waals surface area contributed by atoms with Gasteiger partial charge >= 0.3 is 5.97 Å². The zero-order valence-electron chi connectivity index (χ0n) is 15.5. The molecule has 0 aliphatic carbocycles. The van der Waals surface area contributed by atoms with Gasteiger partial charge in [0.1, 0.15) is 23.1 Å². The largest absolute Gasteiger partial charge is 0.459 e. The first-order valence-electron chi connectivity index (χ1n) is 8.83. The SMILES string of the molecule is Cc1ccn2c(=O)cc(COC(=O)Cc3csc(-c4cccc(F)c4)n3)nc2c1. The molecule has 0 unspecified atom stereocenters. The molecular formula is C21H16FN3O3S. The topological polar surface area (TPSA) is 73.6 Å². The minimum Gasteiger partial charge on any atom is -0.459 e. The normalized spacial score (nSPS) is 11.0. The molecular weight excluding hydrogens is 393 g/mol. The Bertz CT molecular complexity index is 1270. The fraction of sp³-hybridized carbons (Fsp3) is 0.143. The highest BCUT2D eigenvalue weighted by molar-refractivity contribution is 7.13. The Balaban J connectivity index is 1.42. The summed E-state index contributed by atoms with van der Waals surface area (Å²) in [5.41, 5.74) is 2.83. The molecule has 0 aliphatic rings. The smallest absolute Gasteiger partial charge is 0.312 e. The molecule has 0 fully saturated rings. The van der Waals surface area contributed by atoms with Gasteiger partial charge in [0, 0.05) is 23.2 Å². The summed E-state index contributed by atoms with van der Waals surface area (Å²) in [5, 5.41) is 2.37. The summed E-state index contributed by atoms with van der Waals surface area (Å²) >= 11 is 1.33. The van der Waals surface area contributed by atoms with Crippen LogP contribution in [0.2, 0.25) is 0 Å². The molecule has 29 heavy (non-hydrogen) atoms. The minimum atomic E-state index is -0.479. The van der Waals surface area contributed by atoms with Crippen LogP contribution in [0.15, 0.2) is 58.8 Å². The molecule has 0 saturated heterocycles. The Labute approximate surface area is 169 Å². The van der Waals surface area contributed by atoms with Crippen molar-refractivity contribution in [1.82, 2.24) is 14.4 Å². The molecule has 3 heterocycles. The van der Waals surface area contributed by atoms with Crippen molar-refractivity contribution in [2.24, 2.45) is 0 Å². The Morgan fingerprint density at radius 3 is 2.86 bits per heavy atom. The van der Waals surface area contributed by atoms with Crippen molar-refractivity contribution in [3.8, 4) is 10.6 Å². The van der Waals surface area contributed by atoms with E-state index in [1.165, 1.54) is 33.9 Å². The number of fused-ring (bicyclic) bond motifs is 1. The van der Waals surface area contributed by atoms with Crippen LogP contribution in [-0.2, 0) is 22.6 Å². The van der Waals surface area contributed by atoms with E-state index in [1.54, 1.807) is 29.8 Å². The van der Waals surface area contributed by atoms with Crippen LogP contribution in [0, 0.1) is 12.7 Å². The maximum Gasteiger partial charge on any atom is 0.312 e. The number of aryl methyl sites for hydroxylation is 1. The quantitative estimate of drug-likeness (QED) is 0.471. The summed E-state index contributed by atoms with van der Waals surface area (Å²) in [7, 11) is 0. The van der Waals surface area contributed by atoms with Crippen LogP contribution in [0.3, 0.4) is 0 Å². The number of thiazole rings is 1. The van der Waals surface area contributed by atoms with Crippen LogP contribution in [0.25, 0.3) is 16.2 Å². The van der Waals surface area contributed by atoms with E-state index in [-0.39, 0.29) is 24.4 Å². The lowest BCUT2D eigenvalue weighted by molar-refractivity contribution is -0.144. The molecule has 0 bridgehead atoms. The molecule has 146 valence electrons. The number of aromatic nitrogens is 3. The van der Waals surface area contributed by atoms with Crippen LogP contribution in [0.5, 0.6) is 0 Å². The molecule has 0 aliphatic heterocycles. The molecule has 0 amide bonds. The van der Waals surface area contributed by atoms with Gasteiger partial charge in [-0.15, -0.1) is 11.3 Å². The predicted octanol–water partition coefficient (Wildman–Crippen LogP) is 3.55. The van der Waals surface area contributed by atoms with E-state index in [0.29, 0.717) is 27.6 Å². The van der Waals surface area contributed by atoms with Crippen molar-refractivity contribution in [3.63, 3.8) is 0 Å². The zero-order valence-corrected chi connectivity index (χ0v) is 16.3. The molecule has 4 aromatic rings. The van der Waals surface area contributed by atoms with Crippen LogP contribution in [0.4, 0.5) is 4.39 Å². The van der Waals surface area contributed by atoms with Crippen LogP contribution in [-0.4, -0.2) is 20.3 Å². The fourth-order valence-electron chi connectivity index (χ4n) is 2.82. The number of rotatable bonds is 5. The van der Waals surface area contributed by atoms with Gasteiger partial charge in [-0.1, -0.05) is 12.1 Å². The second-order valence-corrected chi connectivity index (χ2v) is 7.37. The monoisotopic (exact) mass is 409 g/mol. The van der Waals surface area contributed by atoms with Crippen LogP contribution >= 0.6 is 11.3 Å². The van der Waals surface area contributed by atoms with Gasteiger partial charge in [0.15, 0.2) is 0 Å². The third-order valence-corrected chi connectivity index (χ3v) is 5.15. The lowest BCUT2D eigenvalue weighted by atomic mass is 10.2. The number of nitrogens with zero attached hydrogens (tertiary/aromatic N) is 3. The Kier molecular flexibility index (Phi) is 5.18. The number of hydrogen-bond acceptors (Lipinski definition) is 6. The van der Waals surface area contributed by atoms with E-state index in [1.807, 2.05) is 13.0 Å². The molecule has 8 heteroatoms. The number of hydrogen-bond donors (Lipinski definition) is 0. The second-order valence-electron chi connectivity index (χ2n) is 6.51. The average Bonchev–Trinajstić information content (AvgIpc) is 3.14. The summed E-state index contributed by atoms with van der Waals surface area (Å²) < 4.78 is 20.0. The van der Waals surface area contributed by atoms with Crippen molar-refractivity contribution < 1.29 is 13.9 Å². The van der Waals surface area contributed by atoms with E-state index in [4.69, 9.17) is 4.74 Å². The van der Waals surface area contributed by atoms with Crippen molar-refractivity contribution in [3.05, 3.63) is 87.2 Å². The number of carbonyl (C=O) groups is 1. The molecule has 1 aromatic carbocycles. The average molecular weight is 409 g/mol. The highest BCUT2D eigenvalue weighted by atomic mass is 32.1. The number of ether oxygens (including phenoxy) is 1. The summed E-state index contributed by atoms with van der Waals surface area (Å²) in [5.74, 6) is -0.819. The van der Waals surface area contributed by atoms with Crippen molar-refractivity contribution in [1.29, 1.82) is 0 Å². The van der Waals surface area contributed by atoms with Crippen LogP contribution < -0.4 is 5.56 Å². The third kappa shape index (κ3) is 4.38. The first kappa shape index (κ1) is 18.9. The van der Waals surface area contributed by atoms with Gasteiger partial charge in [-0.05, 0) is 36.8 Å². The van der Waals surface area contributed by atoms with Crippen molar-refractivity contribution >= 4 is 23.0 Å². The van der Waals surface area contributed by atoms with Gasteiger partial charge in [-0.25, -0.2) is 14.4 Å². The second kappa shape index (κ2) is 7.92. The maximum absolute atomic E-state index is 13.4. The summed E-state index contributed by atoms with van der Waals surface area (Å²) in [6.07, 6.45) is 1.64. The number of esters is 1. The molecule has 6 nitrogen and oxygen atoms in total. The van der Waals surface area contributed by atoms with E-state index in [9.17, 15) is 14.0 Å². The maximum atomic E-state index is 13.4. The Hall–Kier alpha value is -3.39. The van der Waals surface area contributed by atoms with Crippen LogP contribution in [0.1, 0.15) is 17.0 Å². The van der Waals surface area contributed by atoms with E-state index in [0.717, 1.165) is 5.56 Å². The zero-order chi connectivity index (χ0) is 20.4. The first-order chi connectivity index (χ1) is 14.0. The molecule has 0 atom stereocenters. The predicted molar refractivity (Wildman–Crippen MR) is 107 cm³/mol.